The predicted octanol–water partition coefficient (Wildman–Crippen LogP) is 4.08. The van der Waals surface area contributed by atoms with E-state index in [-0.39, 0.29) is 6.42 Å². The maximum atomic E-state index is 11.9. The molecule has 0 heterocycles. The monoisotopic (exact) mass is 288 g/mol. The van der Waals surface area contributed by atoms with Gasteiger partial charge in [0.05, 0.1) is 0 Å². The first-order valence-electron chi connectivity index (χ1n) is 7.01. The van der Waals surface area contributed by atoms with Gasteiger partial charge in [-0.3, -0.25) is 0 Å². The molecule has 0 aromatic heterocycles. The van der Waals surface area contributed by atoms with Gasteiger partial charge in [0.2, 0.25) is 0 Å². The Morgan fingerprint density at radius 2 is 1.75 bits per heavy atom. The molecule has 2 nitrogen and oxygen atoms in total. The highest BCUT2D eigenvalue weighted by molar-refractivity contribution is 5.40. The molecule has 0 spiro atoms. The molecule has 1 aromatic carbocycles. The number of alkyl halides is 3. The van der Waals surface area contributed by atoms with Crippen LogP contribution in [0.5, 0.6) is 0 Å². The number of nitrogen functional groups attached to an aromatic ring is 1. The van der Waals surface area contributed by atoms with Gasteiger partial charge in [-0.25, -0.2) is 0 Å². The number of hydrogen-bond acceptors (Lipinski definition) is 2. The van der Waals surface area contributed by atoms with Crippen LogP contribution in [0.1, 0.15) is 44.1 Å². The van der Waals surface area contributed by atoms with Crippen molar-refractivity contribution < 1.29 is 13.2 Å². The summed E-state index contributed by atoms with van der Waals surface area (Å²) in [6.07, 6.45) is -2.98. The minimum absolute atomic E-state index is 0.198. The number of rotatable bonds is 8. The van der Waals surface area contributed by atoms with Crippen LogP contribution >= 0.6 is 0 Å². The molecule has 1 rings (SSSR count). The Morgan fingerprint density at radius 1 is 1.10 bits per heavy atom. The van der Waals surface area contributed by atoms with E-state index in [4.69, 9.17) is 5.73 Å². The lowest BCUT2D eigenvalue weighted by Crippen LogP contribution is -2.19. The first kappa shape index (κ1) is 16.8. The number of nitrogens with two attached hydrogens (primary N) is 1. The molecule has 0 bridgehead atoms. The zero-order chi connectivity index (χ0) is 15.0. The van der Waals surface area contributed by atoms with Gasteiger partial charge in [0.1, 0.15) is 0 Å². The number of unbranched alkanes of at least 4 members (excludes halogenated alkanes) is 1. The van der Waals surface area contributed by atoms with Crippen LogP contribution in [0, 0.1) is 0 Å². The largest absolute Gasteiger partial charge is 0.399 e. The van der Waals surface area contributed by atoms with Gasteiger partial charge in [0, 0.05) is 12.1 Å². The maximum Gasteiger partial charge on any atom is 0.389 e. The molecule has 0 aliphatic rings. The van der Waals surface area contributed by atoms with Crippen molar-refractivity contribution in [3.63, 3.8) is 0 Å². The molecule has 5 heteroatoms. The second-order valence-electron chi connectivity index (χ2n) is 5.18. The maximum absolute atomic E-state index is 11.9. The fourth-order valence-electron chi connectivity index (χ4n) is 2.01. The lowest BCUT2D eigenvalue weighted by molar-refractivity contribution is -0.135. The van der Waals surface area contributed by atoms with Crippen molar-refractivity contribution >= 4 is 5.69 Å². The summed E-state index contributed by atoms with van der Waals surface area (Å²) < 4.78 is 35.8. The molecular weight excluding hydrogens is 265 g/mol. The molecule has 1 aromatic rings. The summed E-state index contributed by atoms with van der Waals surface area (Å²) >= 11 is 0. The van der Waals surface area contributed by atoms with E-state index in [1.54, 1.807) is 0 Å². The smallest absolute Gasteiger partial charge is 0.389 e. The summed E-state index contributed by atoms with van der Waals surface area (Å²) in [5.74, 6) is 0.415. The molecule has 3 N–H and O–H groups in total. The van der Waals surface area contributed by atoms with E-state index in [0.717, 1.165) is 18.7 Å². The first-order chi connectivity index (χ1) is 9.38. The Morgan fingerprint density at radius 3 is 2.35 bits per heavy atom. The van der Waals surface area contributed by atoms with Crippen molar-refractivity contribution in [2.45, 2.75) is 44.7 Å². The number of hydrogen-bond donors (Lipinski definition) is 2. The highest BCUT2D eigenvalue weighted by Crippen LogP contribution is 2.22. The van der Waals surface area contributed by atoms with Crippen LogP contribution in [-0.2, 0) is 0 Å². The lowest BCUT2D eigenvalue weighted by Gasteiger charge is -2.13. The molecule has 0 fully saturated rings. The second kappa shape index (κ2) is 8.15. The van der Waals surface area contributed by atoms with Crippen molar-refractivity contribution in [2.24, 2.45) is 0 Å². The van der Waals surface area contributed by atoms with Crippen molar-refractivity contribution in [1.29, 1.82) is 0 Å². The molecule has 0 aliphatic carbocycles. The van der Waals surface area contributed by atoms with Crippen LogP contribution < -0.4 is 11.1 Å². The molecule has 1 atom stereocenters. The number of halogens is 3. The normalized spacial score (nSPS) is 13.4. The van der Waals surface area contributed by atoms with Crippen LogP contribution in [-0.4, -0.2) is 19.3 Å². The topological polar surface area (TPSA) is 38.0 Å². The molecule has 0 radical (unpaired) electrons. The zero-order valence-corrected chi connectivity index (χ0v) is 11.8. The van der Waals surface area contributed by atoms with E-state index in [2.05, 4.69) is 12.2 Å². The Balaban J connectivity index is 2.08. The quantitative estimate of drug-likeness (QED) is 0.558. The average Bonchev–Trinajstić information content (AvgIpc) is 2.37. The molecule has 114 valence electrons. The molecule has 1 unspecified atom stereocenters. The Bertz CT molecular complexity index is 374. The van der Waals surface area contributed by atoms with Gasteiger partial charge in [-0.05, 0) is 56.0 Å². The Hall–Kier alpha value is -1.23. The van der Waals surface area contributed by atoms with Crippen molar-refractivity contribution in [1.82, 2.24) is 5.32 Å². The minimum Gasteiger partial charge on any atom is -0.399 e. The molecule has 0 amide bonds. The van der Waals surface area contributed by atoms with E-state index in [1.807, 2.05) is 24.3 Å². The second-order valence-corrected chi connectivity index (χ2v) is 5.18. The number of nitrogens with one attached hydrogen (secondary N) is 1. The third-order valence-electron chi connectivity index (χ3n) is 3.32. The number of anilines is 1. The van der Waals surface area contributed by atoms with Crippen molar-refractivity contribution in [2.75, 3.05) is 18.8 Å². The SMILES string of the molecule is CC(CCNCCCCC(F)(F)F)c1ccc(N)cc1. The minimum atomic E-state index is -4.02. The predicted molar refractivity (Wildman–Crippen MR) is 76.7 cm³/mol. The van der Waals surface area contributed by atoms with Gasteiger partial charge in [0.15, 0.2) is 0 Å². The highest BCUT2D eigenvalue weighted by atomic mass is 19.4. The molecule has 0 saturated carbocycles. The summed E-state index contributed by atoms with van der Waals surface area (Å²) in [6.45, 7) is 3.60. The standard InChI is InChI=1S/C15H23F3N2/c1-12(13-4-6-14(19)7-5-13)8-11-20-10-3-2-9-15(16,17)18/h4-7,12,20H,2-3,8-11,19H2,1H3. The fourth-order valence-corrected chi connectivity index (χ4v) is 2.01. The van der Waals surface area contributed by atoms with E-state index < -0.39 is 12.6 Å². The van der Waals surface area contributed by atoms with E-state index in [9.17, 15) is 13.2 Å². The first-order valence-corrected chi connectivity index (χ1v) is 7.01. The molecule has 0 aliphatic heterocycles. The van der Waals surface area contributed by atoms with Crippen LogP contribution in [0.15, 0.2) is 24.3 Å². The van der Waals surface area contributed by atoms with Crippen LogP contribution in [0.3, 0.4) is 0 Å². The van der Waals surface area contributed by atoms with E-state index in [0.29, 0.717) is 18.9 Å². The highest BCUT2D eigenvalue weighted by Gasteiger charge is 2.25. The zero-order valence-electron chi connectivity index (χ0n) is 11.8. The van der Waals surface area contributed by atoms with Crippen LogP contribution in [0.2, 0.25) is 0 Å². The van der Waals surface area contributed by atoms with E-state index in [1.165, 1.54) is 5.56 Å². The summed E-state index contributed by atoms with van der Waals surface area (Å²) in [5.41, 5.74) is 7.62. The average molecular weight is 288 g/mol. The summed E-state index contributed by atoms with van der Waals surface area (Å²) in [6, 6.07) is 7.81. The van der Waals surface area contributed by atoms with Gasteiger partial charge in [-0.15, -0.1) is 0 Å². The van der Waals surface area contributed by atoms with Crippen molar-refractivity contribution in [3.8, 4) is 0 Å². The number of benzene rings is 1. The summed E-state index contributed by atoms with van der Waals surface area (Å²) in [7, 11) is 0. The van der Waals surface area contributed by atoms with Gasteiger partial charge < -0.3 is 11.1 Å². The fraction of sp³-hybridized carbons (Fsp3) is 0.600. The van der Waals surface area contributed by atoms with Gasteiger partial charge >= 0.3 is 6.18 Å². The molecular formula is C15H23F3N2. The summed E-state index contributed by atoms with van der Waals surface area (Å²) in [4.78, 5) is 0. The third-order valence-corrected chi connectivity index (χ3v) is 3.32. The Labute approximate surface area is 118 Å². The molecule has 0 saturated heterocycles. The summed E-state index contributed by atoms with van der Waals surface area (Å²) in [5, 5.41) is 3.19. The lowest BCUT2D eigenvalue weighted by atomic mass is 9.97. The van der Waals surface area contributed by atoms with Gasteiger partial charge in [0.25, 0.3) is 0 Å². The molecule has 20 heavy (non-hydrogen) atoms. The van der Waals surface area contributed by atoms with Crippen molar-refractivity contribution in [3.05, 3.63) is 29.8 Å². The van der Waals surface area contributed by atoms with E-state index >= 15 is 0 Å². The van der Waals surface area contributed by atoms with Crippen LogP contribution in [0.4, 0.5) is 18.9 Å². The van der Waals surface area contributed by atoms with Gasteiger partial charge in [-0.2, -0.15) is 13.2 Å². The van der Waals surface area contributed by atoms with Gasteiger partial charge in [-0.1, -0.05) is 19.1 Å². The third kappa shape index (κ3) is 7.38. The Kier molecular flexibility index (Phi) is 6.85. The van der Waals surface area contributed by atoms with Crippen LogP contribution in [0.25, 0.3) is 0 Å².